The van der Waals surface area contributed by atoms with Crippen molar-refractivity contribution in [3.8, 4) is 5.88 Å². The van der Waals surface area contributed by atoms with Crippen LogP contribution in [0.25, 0.3) is 6.08 Å². The summed E-state index contributed by atoms with van der Waals surface area (Å²) in [4.78, 5) is 4.31. The highest BCUT2D eigenvalue weighted by atomic mass is 16.5. The SMILES string of the molecule is COc1cccc(/C=C(/CN)C(C)C)n1. The van der Waals surface area contributed by atoms with Crippen molar-refractivity contribution >= 4 is 6.08 Å². The van der Waals surface area contributed by atoms with Crippen LogP contribution in [0.5, 0.6) is 5.88 Å². The van der Waals surface area contributed by atoms with E-state index in [0.717, 1.165) is 5.69 Å². The van der Waals surface area contributed by atoms with E-state index in [1.165, 1.54) is 5.57 Å². The third-order valence-electron chi connectivity index (χ3n) is 2.26. The van der Waals surface area contributed by atoms with Gasteiger partial charge in [0, 0.05) is 12.6 Å². The molecule has 15 heavy (non-hydrogen) atoms. The van der Waals surface area contributed by atoms with Gasteiger partial charge in [0.15, 0.2) is 0 Å². The Morgan fingerprint density at radius 3 is 2.80 bits per heavy atom. The molecule has 1 aromatic heterocycles. The summed E-state index contributed by atoms with van der Waals surface area (Å²) >= 11 is 0. The third kappa shape index (κ3) is 3.36. The van der Waals surface area contributed by atoms with E-state index < -0.39 is 0 Å². The fourth-order valence-corrected chi connectivity index (χ4v) is 1.28. The van der Waals surface area contributed by atoms with Crippen LogP contribution >= 0.6 is 0 Å². The molecule has 0 saturated heterocycles. The van der Waals surface area contributed by atoms with Crippen molar-refractivity contribution in [2.45, 2.75) is 13.8 Å². The summed E-state index contributed by atoms with van der Waals surface area (Å²) in [5.41, 5.74) is 7.75. The van der Waals surface area contributed by atoms with Crippen molar-refractivity contribution in [1.82, 2.24) is 4.98 Å². The van der Waals surface area contributed by atoms with E-state index in [0.29, 0.717) is 18.3 Å². The predicted molar refractivity (Wildman–Crippen MR) is 62.7 cm³/mol. The highest BCUT2D eigenvalue weighted by molar-refractivity contribution is 5.50. The van der Waals surface area contributed by atoms with Crippen molar-refractivity contribution in [3.63, 3.8) is 0 Å². The van der Waals surface area contributed by atoms with Crippen molar-refractivity contribution in [2.24, 2.45) is 11.7 Å². The van der Waals surface area contributed by atoms with Gasteiger partial charge >= 0.3 is 0 Å². The normalized spacial score (nSPS) is 11.9. The van der Waals surface area contributed by atoms with E-state index in [9.17, 15) is 0 Å². The summed E-state index contributed by atoms with van der Waals surface area (Å²) in [7, 11) is 1.61. The lowest BCUT2D eigenvalue weighted by atomic mass is 10.0. The van der Waals surface area contributed by atoms with Gasteiger partial charge in [0.2, 0.25) is 5.88 Å². The minimum absolute atomic E-state index is 0.447. The van der Waals surface area contributed by atoms with E-state index in [1.54, 1.807) is 7.11 Å². The molecule has 0 aromatic carbocycles. The Bertz CT molecular complexity index is 345. The quantitative estimate of drug-likeness (QED) is 0.820. The number of methoxy groups -OCH3 is 1. The standard InChI is InChI=1S/C12H18N2O/c1-9(2)10(8-13)7-11-5-4-6-12(14-11)15-3/h4-7,9H,8,13H2,1-3H3/b10-7-. The van der Waals surface area contributed by atoms with Gasteiger partial charge in [0.05, 0.1) is 12.8 Å². The van der Waals surface area contributed by atoms with Crippen molar-refractivity contribution in [2.75, 3.05) is 13.7 Å². The molecule has 0 spiro atoms. The van der Waals surface area contributed by atoms with E-state index in [-0.39, 0.29) is 0 Å². The van der Waals surface area contributed by atoms with Gasteiger partial charge < -0.3 is 10.5 Å². The molecule has 0 bridgehead atoms. The summed E-state index contributed by atoms with van der Waals surface area (Å²) < 4.78 is 5.06. The maximum Gasteiger partial charge on any atom is 0.213 e. The highest BCUT2D eigenvalue weighted by Gasteiger charge is 2.02. The zero-order valence-corrected chi connectivity index (χ0v) is 9.53. The molecule has 1 rings (SSSR count). The molecule has 1 heterocycles. The first-order valence-corrected chi connectivity index (χ1v) is 5.09. The highest BCUT2D eigenvalue weighted by Crippen LogP contribution is 2.14. The van der Waals surface area contributed by atoms with Crippen LogP contribution < -0.4 is 10.5 Å². The van der Waals surface area contributed by atoms with E-state index >= 15 is 0 Å². The largest absolute Gasteiger partial charge is 0.481 e. The molecule has 0 aliphatic rings. The molecule has 3 nitrogen and oxygen atoms in total. The smallest absolute Gasteiger partial charge is 0.213 e. The van der Waals surface area contributed by atoms with Gasteiger partial charge in [-0.3, -0.25) is 0 Å². The molecule has 0 aliphatic carbocycles. The Hall–Kier alpha value is -1.35. The maximum atomic E-state index is 5.66. The molecule has 0 aliphatic heterocycles. The molecule has 0 radical (unpaired) electrons. The second-order valence-electron chi connectivity index (χ2n) is 3.68. The lowest BCUT2D eigenvalue weighted by molar-refractivity contribution is 0.397. The molecular weight excluding hydrogens is 188 g/mol. The number of hydrogen-bond acceptors (Lipinski definition) is 3. The van der Waals surface area contributed by atoms with Crippen LogP contribution in [-0.2, 0) is 0 Å². The molecule has 0 amide bonds. The summed E-state index contributed by atoms with van der Waals surface area (Å²) in [5.74, 6) is 1.08. The number of nitrogens with zero attached hydrogens (tertiary/aromatic N) is 1. The Labute approximate surface area is 91.0 Å². The van der Waals surface area contributed by atoms with Gasteiger partial charge in [-0.15, -0.1) is 0 Å². The number of nitrogens with two attached hydrogens (primary N) is 1. The molecule has 3 heteroatoms. The molecule has 0 saturated carbocycles. The van der Waals surface area contributed by atoms with Crippen LogP contribution in [0.3, 0.4) is 0 Å². The Morgan fingerprint density at radius 1 is 1.53 bits per heavy atom. The van der Waals surface area contributed by atoms with Crippen LogP contribution in [0.4, 0.5) is 0 Å². The summed E-state index contributed by atoms with van der Waals surface area (Å²) in [6, 6.07) is 5.70. The average molecular weight is 206 g/mol. The van der Waals surface area contributed by atoms with Crippen molar-refractivity contribution < 1.29 is 4.74 Å². The number of rotatable bonds is 4. The van der Waals surface area contributed by atoms with Crippen molar-refractivity contribution in [1.29, 1.82) is 0 Å². The van der Waals surface area contributed by atoms with Crippen LogP contribution in [0, 0.1) is 5.92 Å². The molecule has 0 atom stereocenters. The molecule has 82 valence electrons. The molecule has 2 N–H and O–H groups in total. The number of hydrogen-bond donors (Lipinski definition) is 1. The topological polar surface area (TPSA) is 48.1 Å². The zero-order valence-electron chi connectivity index (χ0n) is 9.53. The lowest BCUT2D eigenvalue weighted by Gasteiger charge is -2.08. The molecule has 0 fully saturated rings. The second kappa shape index (κ2) is 5.51. The third-order valence-corrected chi connectivity index (χ3v) is 2.26. The van der Waals surface area contributed by atoms with Gasteiger partial charge in [0.25, 0.3) is 0 Å². The average Bonchev–Trinajstić information content (AvgIpc) is 2.25. The van der Waals surface area contributed by atoms with E-state index in [1.807, 2.05) is 24.3 Å². The first kappa shape index (κ1) is 11.7. The molecular formula is C12H18N2O. The fourth-order valence-electron chi connectivity index (χ4n) is 1.28. The Kier molecular flexibility index (Phi) is 4.31. The van der Waals surface area contributed by atoms with Gasteiger partial charge in [0.1, 0.15) is 0 Å². The van der Waals surface area contributed by atoms with Crippen LogP contribution in [0.15, 0.2) is 23.8 Å². The predicted octanol–water partition coefficient (Wildman–Crippen LogP) is 2.09. The van der Waals surface area contributed by atoms with Gasteiger partial charge in [-0.05, 0) is 18.1 Å². The number of pyridine rings is 1. The monoisotopic (exact) mass is 206 g/mol. The van der Waals surface area contributed by atoms with Crippen LogP contribution in [-0.4, -0.2) is 18.6 Å². The van der Waals surface area contributed by atoms with E-state index in [4.69, 9.17) is 10.5 Å². The van der Waals surface area contributed by atoms with Gasteiger partial charge in [-0.2, -0.15) is 0 Å². The maximum absolute atomic E-state index is 5.66. The second-order valence-corrected chi connectivity index (χ2v) is 3.68. The zero-order chi connectivity index (χ0) is 11.3. The first-order chi connectivity index (χ1) is 7.17. The first-order valence-electron chi connectivity index (χ1n) is 5.09. The van der Waals surface area contributed by atoms with Crippen LogP contribution in [0.1, 0.15) is 19.5 Å². The lowest BCUT2D eigenvalue weighted by Crippen LogP contribution is -2.08. The Balaban J connectivity index is 2.95. The number of ether oxygens (including phenoxy) is 1. The van der Waals surface area contributed by atoms with Crippen LogP contribution in [0.2, 0.25) is 0 Å². The van der Waals surface area contributed by atoms with Gasteiger partial charge in [-0.1, -0.05) is 25.5 Å². The minimum atomic E-state index is 0.447. The van der Waals surface area contributed by atoms with Crippen molar-refractivity contribution in [3.05, 3.63) is 29.5 Å². The number of aromatic nitrogens is 1. The molecule has 0 unspecified atom stereocenters. The summed E-state index contributed by atoms with van der Waals surface area (Å²) in [6.07, 6.45) is 2.02. The minimum Gasteiger partial charge on any atom is -0.481 e. The Morgan fingerprint density at radius 2 is 2.27 bits per heavy atom. The van der Waals surface area contributed by atoms with E-state index in [2.05, 4.69) is 18.8 Å². The summed E-state index contributed by atoms with van der Waals surface area (Å²) in [5, 5.41) is 0. The fraction of sp³-hybridized carbons (Fsp3) is 0.417. The molecule has 1 aromatic rings. The summed E-state index contributed by atoms with van der Waals surface area (Å²) in [6.45, 7) is 4.81. The van der Waals surface area contributed by atoms with Gasteiger partial charge in [-0.25, -0.2) is 4.98 Å².